The summed E-state index contributed by atoms with van der Waals surface area (Å²) in [6, 6.07) is 10.4. The van der Waals surface area contributed by atoms with Crippen LogP contribution < -0.4 is 5.32 Å². The average molecular weight is 304 g/mol. The molecular formula is C16H11ClFNO2. The molecule has 3 nitrogen and oxygen atoms in total. The molecule has 106 valence electrons. The van der Waals surface area contributed by atoms with Crippen molar-refractivity contribution < 1.29 is 14.3 Å². The summed E-state index contributed by atoms with van der Waals surface area (Å²) in [7, 11) is 0. The number of hydrogen-bond donors (Lipinski definition) is 2. The van der Waals surface area contributed by atoms with E-state index in [1.54, 1.807) is 24.3 Å². The minimum Gasteiger partial charge on any atom is -0.384 e. The summed E-state index contributed by atoms with van der Waals surface area (Å²) in [6.07, 6.45) is 0. The maximum atomic E-state index is 13.2. The Hall–Kier alpha value is -2.35. The normalized spacial score (nSPS) is 9.67. The van der Waals surface area contributed by atoms with E-state index in [9.17, 15) is 9.18 Å². The fourth-order valence-corrected chi connectivity index (χ4v) is 1.87. The number of carbonyl (C=O) groups is 1. The number of nitrogens with one attached hydrogen (secondary N) is 1. The molecule has 0 atom stereocenters. The zero-order valence-electron chi connectivity index (χ0n) is 10.9. The van der Waals surface area contributed by atoms with Crippen LogP contribution in [0.1, 0.15) is 15.9 Å². The van der Waals surface area contributed by atoms with Gasteiger partial charge in [0.1, 0.15) is 12.4 Å². The lowest BCUT2D eigenvalue weighted by molar-refractivity contribution is 0.102. The van der Waals surface area contributed by atoms with E-state index in [-0.39, 0.29) is 17.3 Å². The van der Waals surface area contributed by atoms with Crippen LogP contribution in [0.2, 0.25) is 5.02 Å². The molecule has 0 unspecified atom stereocenters. The van der Waals surface area contributed by atoms with Gasteiger partial charge in [-0.15, -0.1) is 0 Å². The molecule has 2 N–H and O–H groups in total. The van der Waals surface area contributed by atoms with Crippen molar-refractivity contribution in [2.45, 2.75) is 0 Å². The number of carbonyl (C=O) groups excluding carboxylic acids is 1. The number of anilines is 1. The van der Waals surface area contributed by atoms with Crippen LogP contribution in [-0.4, -0.2) is 17.6 Å². The molecule has 0 fully saturated rings. The second kappa shape index (κ2) is 6.89. The van der Waals surface area contributed by atoms with Crippen LogP contribution in [0.4, 0.5) is 10.1 Å². The first-order valence-electron chi connectivity index (χ1n) is 6.07. The Morgan fingerprint density at radius 2 is 2.05 bits per heavy atom. The van der Waals surface area contributed by atoms with Gasteiger partial charge in [-0.2, -0.15) is 0 Å². The van der Waals surface area contributed by atoms with Gasteiger partial charge in [0.25, 0.3) is 5.91 Å². The summed E-state index contributed by atoms with van der Waals surface area (Å²) in [4.78, 5) is 12.2. The van der Waals surface area contributed by atoms with Crippen LogP contribution in [0.15, 0.2) is 42.5 Å². The van der Waals surface area contributed by atoms with Crippen LogP contribution in [0, 0.1) is 17.7 Å². The van der Waals surface area contributed by atoms with Gasteiger partial charge in [-0.25, -0.2) is 4.39 Å². The van der Waals surface area contributed by atoms with Gasteiger partial charge >= 0.3 is 0 Å². The van der Waals surface area contributed by atoms with Crippen LogP contribution >= 0.6 is 11.6 Å². The molecular weight excluding hydrogens is 293 g/mol. The molecule has 2 aromatic rings. The molecule has 0 saturated heterocycles. The summed E-state index contributed by atoms with van der Waals surface area (Å²) in [5.41, 5.74) is 0.974. The predicted molar refractivity (Wildman–Crippen MR) is 79.8 cm³/mol. The molecule has 2 aromatic carbocycles. The monoisotopic (exact) mass is 303 g/mol. The average Bonchev–Trinajstić information content (AvgIpc) is 2.49. The van der Waals surface area contributed by atoms with Crippen LogP contribution in [0.5, 0.6) is 0 Å². The third-order valence-corrected chi connectivity index (χ3v) is 2.98. The third kappa shape index (κ3) is 3.82. The summed E-state index contributed by atoms with van der Waals surface area (Å²) in [5, 5.41) is 11.5. The molecule has 5 heteroatoms. The van der Waals surface area contributed by atoms with E-state index in [4.69, 9.17) is 16.7 Å². The summed E-state index contributed by atoms with van der Waals surface area (Å²) in [5.74, 6) is 4.22. The second-order valence-electron chi connectivity index (χ2n) is 4.08. The van der Waals surface area contributed by atoms with Gasteiger partial charge < -0.3 is 10.4 Å². The van der Waals surface area contributed by atoms with Crippen molar-refractivity contribution in [1.82, 2.24) is 0 Å². The van der Waals surface area contributed by atoms with Crippen molar-refractivity contribution >= 4 is 23.2 Å². The van der Waals surface area contributed by atoms with Crippen molar-refractivity contribution in [3.63, 3.8) is 0 Å². The molecule has 0 saturated carbocycles. The molecule has 0 aromatic heterocycles. The molecule has 2 rings (SSSR count). The van der Waals surface area contributed by atoms with Gasteiger partial charge in [0.05, 0.1) is 16.3 Å². The summed E-state index contributed by atoms with van der Waals surface area (Å²) in [6.45, 7) is -0.300. The molecule has 1 amide bonds. The SMILES string of the molecule is O=C(Nc1cc(F)ccc1Cl)c1ccccc1C#CCO. The zero-order valence-corrected chi connectivity index (χ0v) is 11.6. The van der Waals surface area contributed by atoms with Crippen molar-refractivity contribution in [3.8, 4) is 11.8 Å². The first-order chi connectivity index (χ1) is 10.1. The highest BCUT2D eigenvalue weighted by molar-refractivity contribution is 6.33. The number of halogens is 2. The maximum absolute atomic E-state index is 13.2. The van der Waals surface area contributed by atoms with Crippen LogP contribution in [0.25, 0.3) is 0 Å². The Balaban J connectivity index is 2.31. The molecule has 0 bridgehead atoms. The van der Waals surface area contributed by atoms with E-state index in [1.807, 2.05) is 0 Å². The second-order valence-corrected chi connectivity index (χ2v) is 4.49. The van der Waals surface area contributed by atoms with Gasteiger partial charge in [-0.3, -0.25) is 4.79 Å². The fourth-order valence-electron chi connectivity index (χ4n) is 1.71. The molecule has 0 aliphatic carbocycles. The number of amides is 1. The van der Waals surface area contributed by atoms with Crippen molar-refractivity contribution in [2.24, 2.45) is 0 Å². The minimum absolute atomic E-state index is 0.187. The first-order valence-corrected chi connectivity index (χ1v) is 6.45. The van der Waals surface area contributed by atoms with Gasteiger partial charge in [0.2, 0.25) is 0 Å². The van der Waals surface area contributed by atoms with Crippen molar-refractivity contribution in [2.75, 3.05) is 11.9 Å². The lowest BCUT2D eigenvalue weighted by Gasteiger charge is -2.08. The number of hydrogen-bond acceptors (Lipinski definition) is 2. The topological polar surface area (TPSA) is 49.3 Å². The van der Waals surface area contributed by atoms with E-state index in [0.717, 1.165) is 6.07 Å². The number of aliphatic hydroxyl groups is 1. The highest BCUT2D eigenvalue weighted by Crippen LogP contribution is 2.23. The predicted octanol–water partition coefficient (Wildman–Crippen LogP) is 3.08. The fraction of sp³-hybridized carbons (Fsp3) is 0.0625. The van der Waals surface area contributed by atoms with E-state index in [0.29, 0.717) is 11.1 Å². The zero-order chi connectivity index (χ0) is 15.2. The van der Waals surface area contributed by atoms with Gasteiger partial charge in [0.15, 0.2) is 0 Å². The number of rotatable bonds is 2. The van der Waals surface area contributed by atoms with Gasteiger partial charge in [-0.05, 0) is 30.3 Å². The van der Waals surface area contributed by atoms with E-state index >= 15 is 0 Å². The summed E-state index contributed by atoms with van der Waals surface area (Å²) < 4.78 is 13.2. The minimum atomic E-state index is -0.497. The Kier molecular flexibility index (Phi) is 4.94. The Morgan fingerprint density at radius 1 is 1.29 bits per heavy atom. The molecule has 0 spiro atoms. The lowest BCUT2D eigenvalue weighted by Crippen LogP contribution is -2.14. The van der Waals surface area contributed by atoms with Crippen molar-refractivity contribution in [3.05, 3.63) is 64.4 Å². The molecule has 21 heavy (non-hydrogen) atoms. The molecule has 0 aliphatic rings. The standard InChI is InChI=1S/C16H11ClFNO2/c17-14-8-7-12(18)10-15(14)19-16(21)13-6-2-1-4-11(13)5-3-9-20/h1-2,4,6-8,10,20H,9H2,(H,19,21). The van der Waals surface area contributed by atoms with Crippen molar-refractivity contribution in [1.29, 1.82) is 0 Å². The Morgan fingerprint density at radius 3 is 2.81 bits per heavy atom. The third-order valence-electron chi connectivity index (χ3n) is 2.65. The quantitative estimate of drug-likeness (QED) is 0.838. The molecule has 0 heterocycles. The van der Waals surface area contributed by atoms with Gasteiger partial charge in [-0.1, -0.05) is 35.6 Å². The largest absolute Gasteiger partial charge is 0.384 e. The molecule has 0 aliphatic heterocycles. The highest BCUT2D eigenvalue weighted by Gasteiger charge is 2.12. The van der Waals surface area contributed by atoms with E-state index in [1.165, 1.54) is 12.1 Å². The Bertz CT molecular complexity index is 735. The highest BCUT2D eigenvalue weighted by atomic mass is 35.5. The van der Waals surface area contributed by atoms with Crippen LogP contribution in [0.3, 0.4) is 0 Å². The number of aliphatic hydroxyl groups excluding tert-OH is 1. The van der Waals surface area contributed by atoms with Crippen LogP contribution in [-0.2, 0) is 0 Å². The van der Waals surface area contributed by atoms with E-state index in [2.05, 4.69) is 17.2 Å². The van der Waals surface area contributed by atoms with Gasteiger partial charge in [0, 0.05) is 5.56 Å². The molecule has 0 radical (unpaired) electrons. The number of benzene rings is 2. The van der Waals surface area contributed by atoms with E-state index < -0.39 is 11.7 Å². The Labute approximate surface area is 126 Å². The smallest absolute Gasteiger partial charge is 0.256 e. The summed E-state index contributed by atoms with van der Waals surface area (Å²) >= 11 is 5.91. The maximum Gasteiger partial charge on any atom is 0.256 e. The first kappa shape index (κ1) is 15.0. The lowest BCUT2D eigenvalue weighted by atomic mass is 10.1.